The lowest BCUT2D eigenvalue weighted by atomic mass is 10.0. The van der Waals surface area contributed by atoms with Gasteiger partial charge in [0.15, 0.2) is 0 Å². The molecule has 1 saturated heterocycles. The number of amides is 3. The van der Waals surface area contributed by atoms with Crippen LogP contribution < -0.4 is 15.4 Å². The molecule has 0 unspecified atom stereocenters. The summed E-state index contributed by atoms with van der Waals surface area (Å²) < 4.78 is 28.7. The Morgan fingerprint density at radius 1 is 1.16 bits per heavy atom. The van der Waals surface area contributed by atoms with Crippen LogP contribution in [0.15, 0.2) is 24.3 Å². The van der Waals surface area contributed by atoms with E-state index in [9.17, 15) is 18.4 Å². The molecule has 1 aromatic rings. The zero-order valence-electron chi connectivity index (χ0n) is 13.7. The number of likely N-dealkylation sites (tertiary alicyclic amines) is 1. The van der Waals surface area contributed by atoms with E-state index in [-0.39, 0.29) is 23.6 Å². The molecule has 0 aromatic heterocycles. The summed E-state index contributed by atoms with van der Waals surface area (Å²) in [6.07, 6.45) is 3.41. The standard InChI is InChI=1S/C17H21F2N3O3/c18-16(19)25-14-3-1-2-13(10-14)21-17(24)20-12-6-8-22(9-7-12)15(23)11-4-5-11/h1-3,10-12,16H,4-9H2,(H2,20,21,24). The molecule has 6 nitrogen and oxygen atoms in total. The molecular formula is C17H21F2N3O3. The maximum absolute atomic E-state index is 12.2. The first kappa shape index (κ1) is 17.4. The van der Waals surface area contributed by atoms with E-state index in [2.05, 4.69) is 15.4 Å². The second kappa shape index (κ2) is 7.67. The number of ether oxygens (including phenoxy) is 1. The van der Waals surface area contributed by atoms with Gasteiger partial charge < -0.3 is 20.3 Å². The molecule has 0 radical (unpaired) electrons. The zero-order chi connectivity index (χ0) is 17.8. The van der Waals surface area contributed by atoms with E-state index in [1.54, 1.807) is 6.07 Å². The van der Waals surface area contributed by atoms with Gasteiger partial charge >= 0.3 is 12.6 Å². The van der Waals surface area contributed by atoms with Gasteiger partial charge in [0.25, 0.3) is 0 Å². The zero-order valence-corrected chi connectivity index (χ0v) is 13.7. The number of hydrogen-bond acceptors (Lipinski definition) is 3. The third-order valence-corrected chi connectivity index (χ3v) is 4.39. The Labute approximate surface area is 144 Å². The average molecular weight is 353 g/mol. The van der Waals surface area contributed by atoms with E-state index < -0.39 is 12.6 Å². The normalized spacial score (nSPS) is 18.1. The van der Waals surface area contributed by atoms with Gasteiger partial charge in [0.05, 0.1) is 0 Å². The maximum atomic E-state index is 12.2. The molecule has 2 fully saturated rings. The van der Waals surface area contributed by atoms with Crippen molar-refractivity contribution in [3.05, 3.63) is 24.3 Å². The van der Waals surface area contributed by atoms with Crippen LogP contribution in [0, 0.1) is 5.92 Å². The van der Waals surface area contributed by atoms with Crippen molar-refractivity contribution in [2.75, 3.05) is 18.4 Å². The van der Waals surface area contributed by atoms with E-state index >= 15 is 0 Å². The molecule has 1 heterocycles. The summed E-state index contributed by atoms with van der Waals surface area (Å²) in [5.41, 5.74) is 0.372. The van der Waals surface area contributed by atoms with Gasteiger partial charge in [-0.3, -0.25) is 4.79 Å². The van der Waals surface area contributed by atoms with Gasteiger partial charge in [-0.1, -0.05) is 6.07 Å². The van der Waals surface area contributed by atoms with Gasteiger partial charge in [-0.05, 0) is 37.8 Å². The topological polar surface area (TPSA) is 70.7 Å². The second-order valence-corrected chi connectivity index (χ2v) is 6.38. The number of carbonyl (C=O) groups excluding carboxylic acids is 2. The monoisotopic (exact) mass is 353 g/mol. The number of carbonyl (C=O) groups is 2. The summed E-state index contributed by atoms with van der Waals surface area (Å²) in [5.74, 6) is 0.439. The van der Waals surface area contributed by atoms with Crippen LogP contribution in [0.5, 0.6) is 5.75 Å². The van der Waals surface area contributed by atoms with E-state index in [1.165, 1.54) is 18.2 Å². The molecule has 0 bridgehead atoms. The molecule has 136 valence electrons. The number of piperidine rings is 1. The van der Waals surface area contributed by atoms with Crippen molar-refractivity contribution in [3.8, 4) is 5.75 Å². The SMILES string of the molecule is O=C(Nc1cccc(OC(F)F)c1)NC1CCN(C(=O)C2CC2)CC1. The highest BCUT2D eigenvalue weighted by atomic mass is 19.3. The molecule has 1 saturated carbocycles. The average Bonchev–Trinajstić information content (AvgIpc) is 3.39. The number of nitrogens with one attached hydrogen (secondary N) is 2. The number of anilines is 1. The van der Waals surface area contributed by atoms with Gasteiger partial charge in [0.1, 0.15) is 5.75 Å². The number of rotatable bonds is 5. The molecule has 0 spiro atoms. The van der Waals surface area contributed by atoms with Crippen LogP contribution in [-0.2, 0) is 4.79 Å². The quantitative estimate of drug-likeness (QED) is 0.855. The minimum atomic E-state index is -2.91. The first-order chi connectivity index (χ1) is 12.0. The Balaban J connectivity index is 1.44. The van der Waals surface area contributed by atoms with Crippen LogP contribution in [0.25, 0.3) is 0 Å². The predicted molar refractivity (Wildman–Crippen MR) is 87.6 cm³/mol. The van der Waals surface area contributed by atoms with Crippen LogP contribution in [0.3, 0.4) is 0 Å². The molecule has 1 aliphatic carbocycles. The number of nitrogens with zero attached hydrogens (tertiary/aromatic N) is 1. The molecule has 3 amide bonds. The van der Waals surface area contributed by atoms with Crippen molar-refractivity contribution in [1.29, 1.82) is 0 Å². The number of alkyl halides is 2. The Morgan fingerprint density at radius 3 is 2.52 bits per heavy atom. The highest BCUT2D eigenvalue weighted by Gasteiger charge is 2.35. The van der Waals surface area contributed by atoms with Crippen LogP contribution in [0.2, 0.25) is 0 Å². The van der Waals surface area contributed by atoms with E-state index in [4.69, 9.17) is 0 Å². The second-order valence-electron chi connectivity index (χ2n) is 6.38. The summed E-state index contributed by atoms with van der Waals surface area (Å²) >= 11 is 0. The van der Waals surface area contributed by atoms with Crippen molar-refractivity contribution >= 4 is 17.6 Å². The highest BCUT2D eigenvalue weighted by molar-refractivity contribution is 5.89. The van der Waals surface area contributed by atoms with Crippen LogP contribution in [0.4, 0.5) is 19.3 Å². The van der Waals surface area contributed by atoms with Crippen molar-refractivity contribution in [2.45, 2.75) is 38.3 Å². The number of urea groups is 1. The lowest BCUT2D eigenvalue weighted by molar-refractivity contribution is -0.133. The first-order valence-electron chi connectivity index (χ1n) is 8.42. The van der Waals surface area contributed by atoms with Gasteiger partial charge in [0.2, 0.25) is 5.91 Å². The molecule has 8 heteroatoms. The van der Waals surface area contributed by atoms with Crippen molar-refractivity contribution < 1.29 is 23.1 Å². The number of halogens is 2. The van der Waals surface area contributed by atoms with E-state index in [0.717, 1.165) is 12.8 Å². The summed E-state index contributed by atoms with van der Waals surface area (Å²) in [6.45, 7) is -1.61. The van der Waals surface area contributed by atoms with Gasteiger partial charge in [-0.25, -0.2) is 4.79 Å². The van der Waals surface area contributed by atoms with Crippen LogP contribution in [0.1, 0.15) is 25.7 Å². The minimum absolute atomic E-state index is 0.0104. The molecular weight excluding hydrogens is 332 g/mol. The highest BCUT2D eigenvalue weighted by Crippen LogP contribution is 2.31. The summed E-state index contributed by atoms with van der Waals surface area (Å²) in [5, 5.41) is 5.46. The fraction of sp³-hybridized carbons (Fsp3) is 0.529. The van der Waals surface area contributed by atoms with E-state index in [0.29, 0.717) is 31.6 Å². The Morgan fingerprint density at radius 2 is 1.88 bits per heavy atom. The molecule has 0 atom stereocenters. The third kappa shape index (κ3) is 5.04. The number of hydrogen-bond donors (Lipinski definition) is 2. The fourth-order valence-corrected chi connectivity index (χ4v) is 2.94. The molecule has 25 heavy (non-hydrogen) atoms. The van der Waals surface area contributed by atoms with Gasteiger partial charge in [0, 0.05) is 36.8 Å². The fourth-order valence-electron chi connectivity index (χ4n) is 2.94. The van der Waals surface area contributed by atoms with Gasteiger partial charge in [-0.15, -0.1) is 0 Å². The van der Waals surface area contributed by atoms with Crippen molar-refractivity contribution in [3.63, 3.8) is 0 Å². The summed E-state index contributed by atoms with van der Waals surface area (Å²) in [6, 6.07) is 5.43. The minimum Gasteiger partial charge on any atom is -0.435 e. The first-order valence-corrected chi connectivity index (χ1v) is 8.42. The summed E-state index contributed by atoms with van der Waals surface area (Å²) in [4.78, 5) is 25.9. The Kier molecular flexibility index (Phi) is 5.35. The van der Waals surface area contributed by atoms with Gasteiger partial charge in [-0.2, -0.15) is 8.78 Å². The predicted octanol–water partition coefficient (Wildman–Crippen LogP) is 2.81. The Hall–Kier alpha value is -2.38. The van der Waals surface area contributed by atoms with E-state index in [1.807, 2.05) is 4.90 Å². The maximum Gasteiger partial charge on any atom is 0.387 e. The lowest BCUT2D eigenvalue weighted by Crippen LogP contribution is -2.47. The van der Waals surface area contributed by atoms with Crippen LogP contribution >= 0.6 is 0 Å². The molecule has 1 aliphatic heterocycles. The van der Waals surface area contributed by atoms with Crippen molar-refractivity contribution in [1.82, 2.24) is 10.2 Å². The summed E-state index contributed by atoms with van der Waals surface area (Å²) in [7, 11) is 0. The lowest BCUT2D eigenvalue weighted by Gasteiger charge is -2.32. The molecule has 2 N–H and O–H groups in total. The largest absolute Gasteiger partial charge is 0.435 e. The van der Waals surface area contributed by atoms with Crippen molar-refractivity contribution in [2.24, 2.45) is 5.92 Å². The smallest absolute Gasteiger partial charge is 0.387 e. The van der Waals surface area contributed by atoms with Crippen LogP contribution in [-0.4, -0.2) is 42.6 Å². The Bertz CT molecular complexity index is 629. The molecule has 1 aromatic carbocycles. The molecule has 2 aliphatic rings. The number of benzene rings is 1. The third-order valence-electron chi connectivity index (χ3n) is 4.39. The molecule has 3 rings (SSSR count).